The van der Waals surface area contributed by atoms with Crippen molar-refractivity contribution in [1.82, 2.24) is 5.32 Å². The molecule has 2 N–H and O–H groups in total. The van der Waals surface area contributed by atoms with E-state index in [1.807, 2.05) is 6.07 Å². The minimum Gasteiger partial charge on any atom is -0.387 e. The molecule has 0 aliphatic rings. The molecule has 1 unspecified atom stereocenters. The van der Waals surface area contributed by atoms with Gasteiger partial charge >= 0.3 is 0 Å². The highest BCUT2D eigenvalue weighted by Crippen LogP contribution is 2.15. The molecule has 3 nitrogen and oxygen atoms in total. The second kappa shape index (κ2) is 6.43. The van der Waals surface area contributed by atoms with Crippen LogP contribution in [0.2, 0.25) is 0 Å². The third kappa shape index (κ3) is 3.86. The zero-order valence-corrected chi connectivity index (χ0v) is 11.0. The molecule has 0 aliphatic carbocycles. The first-order valence-electron chi connectivity index (χ1n) is 5.81. The van der Waals surface area contributed by atoms with E-state index in [4.69, 9.17) is 5.26 Å². The van der Waals surface area contributed by atoms with Crippen LogP contribution in [0.5, 0.6) is 0 Å². The summed E-state index contributed by atoms with van der Waals surface area (Å²) in [6.45, 7) is 0.982. The number of aliphatic hydroxyl groups excluding tert-OH is 1. The van der Waals surface area contributed by atoms with Crippen LogP contribution >= 0.6 is 11.3 Å². The van der Waals surface area contributed by atoms with E-state index in [-0.39, 0.29) is 5.82 Å². The molecule has 1 heterocycles. The molecule has 0 aliphatic heterocycles. The van der Waals surface area contributed by atoms with E-state index in [9.17, 15) is 9.50 Å². The summed E-state index contributed by atoms with van der Waals surface area (Å²) in [7, 11) is 0. The molecule has 0 bridgehead atoms. The van der Waals surface area contributed by atoms with Crippen molar-refractivity contribution >= 4 is 11.3 Å². The Morgan fingerprint density at radius 1 is 1.37 bits per heavy atom. The first-order valence-corrected chi connectivity index (χ1v) is 6.69. The van der Waals surface area contributed by atoms with Crippen LogP contribution in [0.4, 0.5) is 4.39 Å². The van der Waals surface area contributed by atoms with Crippen LogP contribution in [0.3, 0.4) is 0 Å². The zero-order chi connectivity index (χ0) is 13.7. The minimum atomic E-state index is -0.670. The van der Waals surface area contributed by atoms with Crippen molar-refractivity contribution in [2.24, 2.45) is 0 Å². The molecule has 1 atom stereocenters. The molecule has 0 spiro atoms. The van der Waals surface area contributed by atoms with Crippen LogP contribution in [0.25, 0.3) is 0 Å². The predicted octanol–water partition coefficient (Wildman–Crippen LogP) is 2.58. The number of aliphatic hydroxyl groups is 1. The van der Waals surface area contributed by atoms with Crippen LogP contribution in [0.1, 0.15) is 22.1 Å². The molecule has 5 heteroatoms. The van der Waals surface area contributed by atoms with Gasteiger partial charge in [0.1, 0.15) is 11.9 Å². The monoisotopic (exact) mass is 276 g/mol. The molecule has 98 valence electrons. The van der Waals surface area contributed by atoms with Crippen LogP contribution in [-0.4, -0.2) is 11.7 Å². The maximum Gasteiger partial charge on any atom is 0.123 e. The predicted molar refractivity (Wildman–Crippen MR) is 72.1 cm³/mol. The van der Waals surface area contributed by atoms with E-state index >= 15 is 0 Å². The van der Waals surface area contributed by atoms with Crippen molar-refractivity contribution in [2.75, 3.05) is 6.54 Å². The summed E-state index contributed by atoms with van der Waals surface area (Å²) in [6, 6.07) is 9.70. The van der Waals surface area contributed by atoms with Crippen LogP contribution in [0, 0.1) is 17.1 Å². The van der Waals surface area contributed by atoms with E-state index in [1.165, 1.54) is 23.5 Å². The highest BCUT2D eigenvalue weighted by atomic mass is 32.1. The number of rotatable bonds is 5. The Labute approximate surface area is 114 Å². The molecular formula is C14H13FN2OS. The maximum atomic E-state index is 12.7. The van der Waals surface area contributed by atoms with E-state index in [2.05, 4.69) is 11.4 Å². The Kier molecular flexibility index (Phi) is 4.63. The Morgan fingerprint density at radius 2 is 2.11 bits per heavy atom. The summed E-state index contributed by atoms with van der Waals surface area (Å²) in [4.78, 5) is 1.04. The van der Waals surface area contributed by atoms with Crippen LogP contribution < -0.4 is 5.32 Å². The van der Waals surface area contributed by atoms with Crippen LogP contribution in [-0.2, 0) is 6.54 Å². The second-order valence-electron chi connectivity index (χ2n) is 4.11. The van der Waals surface area contributed by atoms with E-state index < -0.39 is 6.10 Å². The number of nitrogens with one attached hydrogen (secondary N) is 1. The van der Waals surface area contributed by atoms with Gasteiger partial charge in [0, 0.05) is 23.3 Å². The highest BCUT2D eigenvalue weighted by Gasteiger charge is 2.07. The SMILES string of the molecule is N#Cc1csc(CNCC(O)c2ccc(F)cc2)c1. The average molecular weight is 276 g/mol. The number of halogens is 1. The van der Waals surface area contributed by atoms with Crippen molar-refractivity contribution in [3.63, 3.8) is 0 Å². The molecule has 0 radical (unpaired) electrons. The highest BCUT2D eigenvalue weighted by molar-refractivity contribution is 7.10. The quantitative estimate of drug-likeness (QED) is 0.882. The fourth-order valence-electron chi connectivity index (χ4n) is 1.67. The van der Waals surface area contributed by atoms with Gasteiger partial charge in [0.25, 0.3) is 0 Å². The molecular weight excluding hydrogens is 263 g/mol. The fourth-order valence-corrected chi connectivity index (χ4v) is 2.45. The standard InChI is InChI=1S/C14H13FN2OS/c15-12-3-1-11(2-4-12)14(18)8-17-7-13-5-10(6-16)9-19-13/h1-5,9,14,17-18H,7-8H2. The molecule has 1 aromatic carbocycles. The second-order valence-corrected chi connectivity index (χ2v) is 5.11. The first-order chi connectivity index (χ1) is 9.19. The van der Waals surface area contributed by atoms with E-state index in [1.54, 1.807) is 17.5 Å². The molecule has 0 saturated heterocycles. The molecule has 0 saturated carbocycles. The molecule has 0 amide bonds. The van der Waals surface area contributed by atoms with E-state index in [0.717, 1.165) is 4.88 Å². The molecule has 19 heavy (non-hydrogen) atoms. The van der Waals surface area contributed by atoms with Crippen molar-refractivity contribution in [3.05, 3.63) is 57.5 Å². The number of nitrogens with zero attached hydrogens (tertiary/aromatic N) is 1. The zero-order valence-electron chi connectivity index (χ0n) is 10.1. The summed E-state index contributed by atoms with van der Waals surface area (Å²) in [5.74, 6) is -0.313. The smallest absolute Gasteiger partial charge is 0.123 e. The van der Waals surface area contributed by atoms with Gasteiger partial charge < -0.3 is 10.4 Å². The summed E-state index contributed by atoms with van der Waals surface area (Å²) in [6.07, 6.45) is -0.670. The average Bonchev–Trinajstić information content (AvgIpc) is 2.87. The number of benzene rings is 1. The lowest BCUT2D eigenvalue weighted by atomic mass is 10.1. The van der Waals surface area contributed by atoms with Gasteiger partial charge in [0.15, 0.2) is 0 Å². The third-order valence-corrected chi connectivity index (χ3v) is 3.61. The lowest BCUT2D eigenvalue weighted by Crippen LogP contribution is -2.20. The van der Waals surface area contributed by atoms with Crippen molar-refractivity contribution < 1.29 is 9.50 Å². The Bertz CT molecular complexity index is 574. The number of hydrogen-bond acceptors (Lipinski definition) is 4. The lowest BCUT2D eigenvalue weighted by molar-refractivity contribution is 0.174. The molecule has 1 aromatic heterocycles. The lowest BCUT2D eigenvalue weighted by Gasteiger charge is -2.11. The van der Waals surface area contributed by atoms with E-state index in [0.29, 0.717) is 24.2 Å². The number of nitriles is 1. The van der Waals surface area contributed by atoms with Gasteiger partial charge in [0.05, 0.1) is 11.7 Å². The summed E-state index contributed by atoms with van der Waals surface area (Å²) in [5.41, 5.74) is 1.33. The topological polar surface area (TPSA) is 56.0 Å². The van der Waals surface area contributed by atoms with Gasteiger partial charge in [-0.05, 0) is 23.8 Å². The van der Waals surface area contributed by atoms with Gasteiger partial charge in [-0.3, -0.25) is 0 Å². The molecule has 2 rings (SSSR count). The maximum absolute atomic E-state index is 12.7. The molecule has 0 fully saturated rings. The number of hydrogen-bond donors (Lipinski definition) is 2. The number of thiophene rings is 1. The normalized spacial score (nSPS) is 12.1. The van der Waals surface area contributed by atoms with Crippen LogP contribution in [0.15, 0.2) is 35.7 Å². The minimum absolute atomic E-state index is 0.313. The van der Waals surface area contributed by atoms with Gasteiger partial charge in [-0.15, -0.1) is 11.3 Å². The van der Waals surface area contributed by atoms with Crippen molar-refractivity contribution in [1.29, 1.82) is 5.26 Å². The Hall–Kier alpha value is -1.74. The fraction of sp³-hybridized carbons (Fsp3) is 0.214. The first kappa shape index (κ1) is 13.7. The Balaban J connectivity index is 1.82. The van der Waals surface area contributed by atoms with Crippen molar-refractivity contribution in [3.8, 4) is 6.07 Å². The van der Waals surface area contributed by atoms with Gasteiger partial charge in [-0.25, -0.2) is 4.39 Å². The molecule has 2 aromatic rings. The Morgan fingerprint density at radius 3 is 2.74 bits per heavy atom. The summed E-state index contributed by atoms with van der Waals surface area (Å²) >= 11 is 1.51. The van der Waals surface area contributed by atoms with Gasteiger partial charge in [-0.2, -0.15) is 5.26 Å². The van der Waals surface area contributed by atoms with Crippen molar-refractivity contribution in [2.45, 2.75) is 12.6 Å². The van der Waals surface area contributed by atoms with Gasteiger partial charge in [0.2, 0.25) is 0 Å². The summed E-state index contributed by atoms with van der Waals surface area (Å²) < 4.78 is 12.7. The van der Waals surface area contributed by atoms with Gasteiger partial charge in [-0.1, -0.05) is 12.1 Å². The summed E-state index contributed by atoms with van der Waals surface area (Å²) in [5, 5.41) is 23.5. The largest absolute Gasteiger partial charge is 0.387 e. The third-order valence-electron chi connectivity index (χ3n) is 2.67.